The van der Waals surface area contributed by atoms with Crippen molar-refractivity contribution in [1.82, 2.24) is 4.90 Å². The van der Waals surface area contributed by atoms with Crippen LogP contribution in [0, 0.1) is 0 Å². The van der Waals surface area contributed by atoms with Crippen molar-refractivity contribution < 1.29 is 9.53 Å². The number of nitrogens with zero attached hydrogens (tertiary/aromatic N) is 2. The van der Waals surface area contributed by atoms with Crippen LogP contribution in [0.1, 0.15) is 18.9 Å². The number of rotatable bonds is 7. The number of para-hydroxylation sites is 3. The molecular formula is C22H29N3O2. The molecule has 5 heteroatoms. The number of piperazine rings is 1. The quantitative estimate of drug-likeness (QED) is 0.815. The van der Waals surface area contributed by atoms with Gasteiger partial charge in [0.05, 0.1) is 12.8 Å². The standard InChI is InChI=1S/C22H29N3O2/c1-3-18-8-4-5-9-19(18)23-13-12-22(26)25-16-14-24(15-17-25)20-10-6-7-11-21(20)27-2/h4-11,23H,3,12-17H2,1-2H3. The van der Waals surface area contributed by atoms with Crippen LogP contribution < -0.4 is 15.0 Å². The van der Waals surface area contributed by atoms with Crippen molar-refractivity contribution in [2.45, 2.75) is 19.8 Å². The Morgan fingerprint density at radius 2 is 1.74 bits per heavy atom. The molecule has 3 rings (SSSR count). The van der Waals surface area contributed by atoms with Crippen LogP contribution >= 0.6 is 0 Å². The summed E-state index contributed by atoms with van der Waals surface area (Å²) in [5, 5.41) is 3.41. The molecule has 0 bridgehead atoms. The maximum Gasteiger partial charge on any atom is 0.224 e. The lowest BCUT2D eigenvalue weighted by atomic mass is 10.1. The highest BCUT2D eigenvalue weighted by Crippen LogP contribution is 2.28. The molecule has 0 spiro atoms. The maximum absolute atomic E-state index is 12.6. The molecule has 1 fully saturated rings. The molecule has 0 unspecified atom stereocenters. The van der Waals surface area contributed by atoms with E-state index in [1.165, 1.54) is 5.56 Å². The second-order valence-corrected chi connectivity index (χ2v) is 6.73. The molecule has 1 amide bonds. The fourth-order valence-corrected chi connectivity index (χ4v) is 3.55. The minimum absolute atomic E-state index is 0.219. The number of benzene rings is 2. The van der Waals surface area contributed by atoms with Crippen molar-refractivity contribution in [3.05, 3.63) is 54.1 Å². The number of nitrogens with one attached hydrogen (secondary N) is 1. The predicted molar refractivity (Wildman–Crippen MR) is 111 cm³/mol. The monoisotopic (exact) mass is 367 g/mol. The van der Waals surface area contributed by atoms with Crippen LogP contribution in [0.2, 0.25) is 0 Å². The zero-order chi connectivity index (χ0) is 19.1. The maximum atomic E-state index is 12.6. The lowest BCUT2D eigenvalue weighted by Crippen LogP contribution is -2.49. The van der Waals surface area contributed by atoms with Gasteiger partial charge in [-0.05, 0) is 30.2 Å². The summed E-state index contributed by atoms with van der Waals surface area (Å²) in [6.45, 7) is 5.98. The Hall–Kier alpha value is -2.69. The lowest BCUT2D eigenvalue weighted by Gasteiger charge is -2.36. The Kier molecular flexibility index (Phi) is 6.58. The van der Waals surface area contributed by atoms with E-state index in [9.17, 15) is 4.79 Å². The smallest absolute Gasteiger partial charge is 0.224 e. The van der Waals surface area contributed by atoms with Gasteiger partial charge < -0.3 is 19.9 Å². The van der Waals surface area contributed by atoms with Gasteiger partial charge in [-0.15, -0.1) is 0 Å². The molecule has 0 saturated carbocycles. The van der Waals surface area contributed by atoms with Gasteiger partial charge in [-0.3, -0.25) is 4.79 Å². The van der Waals surface area contributed by atoms with E-state index in [0.29, 0.717) is 13.0 Å². The summed E-state index contributed by atoms with van der Waals surface area (Å²) in [5.41, 5.74) is 3.52. The van der Waals surface area contributed by atoms with E-state index in [0.717, 1.165) is 49.7 Å². The Morgan fingerprint density at radius 1 is 1.04 bits per heavy atom. The van der Waals surface area contributed by atoms with Crippen molar-refractivity contribution in [3.8, 4) is 5.75 Å². The fourth-order valence-electron chi connectivity index (χ4n) is 3.55. The normalized spacial score (nSPS) is 14.1. The molecule has 144 valence electrons. The van der Waals surface area contributed by atoms with Crippen LogP contribution in [0.25, 0.3) is 0 Å². The van der Waals surface area contributed by atoms with Gasteiger partial charge in [-0.1, -0.05) is 37.3 Å². The molecule has 0 atom stereocenters. The number of hydrogen-bond donors (Lipinski definition) is 1. The summed E-state index contributed by atoms with van der Waals surface area (Å²) < 4.78 is 5.46. The zero-order valence-corrected chi connectivity index (χ0v) is 16.3. The summed E-state index contributed by atoms with van der Waals surface area (Å²) in [7, 11) is 1.70. The van der Waals surface area contributed by atoms with Gasteiger partial charge in [0.25, 0.3) is 0 Å². The first-order chi connectivity index (χ1) is 13.2. The van der Waals surface area contributed by atoms with Gasteiger partial charge in [-0.2, -0.15) is 0 Å². The molecule has 1 aliphatic rings. The summed E-state index contributed by atoms with van der Waals surface area (Å²) in [4.78, 5) is 16.8. The third kappa shape index (κ3) is 4.73. The van der Waals surface area contributed by atoms with Crippen LogP contribution in [-0.2, 0) is 11.2 Å². The number of carbonyl (C=O) groups is 1. The van der Waals surface area contributed by atoms with Crippen molar-refractivity contribution in [2.24, 2.45) is 0 Å². The molecule has 1 N–H and O–H groups in total. The fraction of sp³-hybridized carbons (Fsp3) is 0.409. The number of hydrogen-bond acceptors (Lipinski definition) is 4. The SMILES string of the molecule is CCc1ccccc1NCCC(=O)N1CCN(c2ccccc2OC)CC1. The van der Waals surface area contributed by atoms with Crippen LogP contribution in [0.4, 0.5) is 11.4 Å². The zero-order valence-electron chi connectivity index (χ0n) is 16.3. The highest BCUT2D eigenvalue weighted by Gasteiger charge is 2.22. The molecule has 1 saturated heterocycles. The molecule has 1 heterocycles. The van der Waals surface area contributed by atoms with Crippen molar-refractivity contribution in [2.75, 3.05) is 50.1 Å². The van der Waals surface area contributed by atoms with Gasteiger partial charge in [0.15, 0.2) is 0 Å². The van der Waals surface area contributed by atoms with E-state index in [4.69, 9.17) is 4.74 Å². The molecule has 2 aromatic carbocycles. The van der Waals surface area contributed by atoms with E-state index >= 15 is 0 Å². The highest BCUT2D eigenvalue weighted by molar-refractivity contribution is 5.77. The van der Waals surface area contributed by atoms with Crippen molar-refractivity contribution >= 4 is 17.3 Å². The average molecular weight is 367 g/mol. The van der Waals surface area contributed by atoms with E-state index in [1.807, 2.05) is 29.2 Å². The second-order valence-electron chi connectivity index (χ2n) is 6.73. The summed E-state index contributed by atoms with van der Waals surface area (Å²) in [6, 6.07) is 16.3. The van der Waals surface area contributed by atoms with Gasteiger partial charge in [-0.25, -0.2) is 0 Å². The summed E-state index contributed by atoms with van der Waals surface area (Å²) in [5.74, 6) is 1.10. The summed E-state index contributed by atoms with van der Waals surface area (Å²) in [6.07, 6.45) is 1.51. The highest BCUT2D eigenvalue weighted by atomic mass is 16.5. The minimum atomic E-state index is 0.219. The number of aryl methyl sites for hydroxylation is 1. The van der Waals surface area contributed by atoms with Crippen LogP contribution in [0.5, 0.6) is 5.75 Å². The molecule has 2 aromatic rings. The third-order valence-corrected chi connectivity index (χ3v) is 5.11. The largest absolute Gasteiger partial charge is 0.495 e. The molecule has 27 heavy (non-hydrogen) atoms. The van der Waals surface area contributed by atoms with Crippen LogP contribution in [-0.4, -0.2) is 50.6 Å². The molecule has 0 aromatic heterocycles. The molecule has 5 nitrogen and oxygen atoms in total. The number of carbonyl (C=O) groups excluding carboxylic acids is 1. The first-order valence-corrected chi connectivity index (χ1v) is 9.70. The Morgan fingerprint density at radius 3 is 2.48 bits per heavy atom. The number of ether oxygens (including phenoxy) is 1. The van der Waals surface area contributed by atoms with Gasteiger partial charge in [0.1, 0.15) is 5.75 Å². The lowest BCUT2D eigenvalue weighted by molar-refractivity contribution is -0.131. The van der Waals surface area contributed by atoms with E-state index < -0.39 is 0 Å². The third-order valence-electron chi connectivity index (χ3n) is 5.11. The Balaban J connectivity index is 1.47. The van der Waals surface area contributed by atoms with Crippen molar-refractivity contribution in [3.63, 3.8) is 0 Å². The topological polar surface area (TPSA) is 44.8 Å². The molecule has 1 aliphatic heterocycles. The number of amides is 1. The summed E-state index contributed by atoms with van der Waals surface area (Å²) >= 11 is 0. The predicted octanol–water partition coefficient (Wildman–Crippen LogP) is 3.41. The number of methoxy groups -OCH3 is 1. The minimum Gasteiger partial charge on any atom is -0.495 e. The molecule has 0 aliphatic carbocycles. The van der Waals surface area contributed by atoms with Gasteiger partial charge in [0.2, 0.25) is 5.91 Å². The number of anilines is 2. The van der Waals surface area contributed by atoms with Crippen molar-refractivity contribution in [1.29, 1.82) is 0 Å². The average Bonchev–Trinajstić information content (AvgIpc) is 2.74. The second kappa shape index (κ2) is 9.31. The van der Waals surface area contributed by atoms with E-state index in [-0.39, 0.29) is 5.91 Å². The Labute approximate surface area is 161 Å². The van der Waals surface area contributed by atoms with E-state index in [1.54, 1.807) is 7.11 Å². The van der Waals surface area contributed by atoms with Crippen LogP contribution in [0.15, 0.2) is 48.5 Å². The van der Waals surface area contributed by atoms with E-state index in [2.05, 4.69) is 41.4 Å². The molecular weight excluding hydrogens is 338 g/mol. The van der Waals surface area contributed by atoms with Crippen LogP contribution in [0.3, 0.4) is 0 Å². The first kappa shape index (κ1) is 19.1. The Bertz CT molecular complexity index is 755. The van der Waals surface area contributed by atoms with Gasteiger partial charge in [0, 0.05) is 44.8 Å². The molecule has 0 radical (unpaired) electrons. The first-order valence-electron chi connectivity index (χ1n) is 9.70. The van der Waals surface area contributed by atoms with Gasteiger partial charge >= 0.3 is 0 Å².